The number of hydrogen-bond donors (Lipinski definition) is 4. The second kappa shape index (κ2) is 16.5. The summed E-state index contributed by atoms with van der Waals surface area (Å²) in [5, 5.41) is 12.6. The average Bonchev–Trinajstić information content (AvgIpc) is 3.85. The number of fused-ring (bicyclic) bond motifs is 2. The Morgan fingerprint density at radius 2 is 1.30 bits per heavy atom. The first-order chi connectivity index (χ1) is 29.5. The molecule has 5 fully saturated rings. The van der Waals surface area contributed by atoms with Crippen molar-refractivity contribution in [1.29, 1.82) is 0 Å². The van der Waals surface area contributed by atoms with Crippen molar-refractivity contribution >= 4 is 36.2 Å². The molecule has 0 spiro atoms. The Kier molecular flexibility index (Phi) is 10.9. The van der Waals surface area contributed by atoms with Crippen LogP contribution in [-0.4, -0.2) is 115 Å². The summed E-state index contributed by atoms with van der Waals surface area (Å²) in [6.07, 6.45) is 10.9. The number of piperidine rings is 2. The second-order valence-corrected chi connectivity index (χ2v) is 17.7. The fourth-order valence-corrected chi connectivity index (χ4v) is 9.93. The Hall–Kier alpha value is -5.96. The molecule has 9 rings (SSSR count). The largest absolute Gasteiger partial charge is 0.465 e. The fourth-order valence-electron chi connectivity index (χ4n) is 9.93. The van der Waals surface area contributed by atoms with Crippen LogP contribution in [0.4, 0.5) is 9.59 Å². The van der Waals surface area contributed by atoms with E-state index < -0.39 is 24.3 Å². The van der Waals surface area contributed by atoms with Crippen LogP contribution in [0.15, 0.2) is 60.9 Å². The number of nitrogens with one attached hydrogen (secondary N) is 3. The van der Waals surface area contributed by atoms with Crippen LogP contribution in [0, 0.1) is 23.7 Å². The highest BCUT2D eigenvalue weighted by atomic mass is 16.5. The molecule has 3 aliphatic heterocycles. The number of alkyl carbamates (subject to hydrolysis) is 1. The summed E-state index contributed by atoms with van der Waals surface area (Å²) in [5.74, 6) is 1.93. The van der Waals surface area contributed by atoms with Gasteiger partial charge in [-0.3, -0.25) is 14.5 Å². The van der Waals surface area contributed by atoms with Crippen LogP contribution in [0.2, 0.25) is 0 Å². The van der Waals surface area contributed by atoms with Gasteiger partial charge in [0.15, 0.2) is 0 Å². The van der Waals surface area contributed by atoms with Gasteiger partial charge in [-0.05, 0) is 84.5 Å². The van der Waals surface area contributed by atoms with E-state index in [1.54, 1.807) is 0 Å². The number of carboxylic acid groups (broad SMARTS) is 1. The second-order valence-electron chi connectivity index (χ2n) is 17.7. The van der Waals surface area contributed by atoms with E-state index in [2.05, 4.69) is 76.0 Å². The minimum Gasteiger partial charge on any atom is -0.465 e. The molecule has 15 nitrogen and oxygen atoms in total. The molecule has 5 aliphatic rings. The molecule has 15 heteroatoms. The lowest BCUT2D eigenvalue weighted by Crippen LogP contribution is -2.54. The number of hydrogen-bond acceptors (Lipinski definition) is 8. The number of ether oxygens (including phenoxy) is 2. The highest BCUT2D eigenvalue weighted by Gasteiger charge is 2.58. The van der Waals surface area contributed by atoms with Crippen LogP contribution >= 0.6 is 0 Å². The van der Waals surface area contributed by atoms with E-state index in [1.807, 2.05) is 36.0 Å². The van der Waals surface area contributed by atoms with E-state index in [9.17, 15) is 24.3 Å². The number of rotatable bonds is 12. The predicted molar refractivity (Wildman–Crippen MR) is 226 cm³/mol. The number of H-pyrrole nitrogens is 2. The zero-order valence-electron chi connectivity index (χ0n) is 35.0. The molecule has 4 N–H and O–H groups in total. The van der Waals surface area contributed by atoms with Crippen molar-refractivity contribution in [2.45, 2.75) is 88.6 Å². The number of aromatic amines is 2. The zero-order chi connectivity index (χ0) is 42.5. The number of carbonyl (C=O) groups excluding carboxylic acids is 3. The number of likely N-dealkylation sites (N-methyl/N-ethyl adjacent to an activating group) is 1. The van der Waals surface area contributed by atoms with Crippen molar-refractivity contribution in [2.75, 3.05) is 27.4 Å². The number of aromatic nitrogens is 4. The minimum absolute atomic E-state index is 0.0840. The molecule has 0 bridgehead atoms. The van der Waals surface area contributed by atoms with Crippen LogP contribution in [0.1, 0.15) is 87.2 Å². The van der Waals surface area contributed by atoms with Crippen molar-refractivity contribution in [3.63, 3.8) is 0 Å². The lowest BCUT2D eigenvalue weighted by molar-refractivity contribution is -0.141. The molecule has 2 aromatic heterocycles. The summed E-state index contributed by atoms with van der Waals surface area (Å²) >= 11 is 0. The van der Waals surface area contributed by atoms with Crippen molar-refractivity contribution in [2.24, 2.45) is 23.7 Å². The van der Waals surface area contributed by atoms with Gasteiger partial charge in [-0.15, -0.1) is 0 Å². The van der Waals surface area contributed by atoms with Crippen LogP contribution in [0.25, 0.3) is 34.7 Å². The van der Waals surface area contributed by atoms with E-state index in [4.69, 9.17) is 19.4 Å². The van der Waals surface area contributed by atoms with Crippen molar-refractivity contribution in [3.8, 4) is 22.5 Å². The van der Waals surface area contributed by atoms with Crippen LogP contribution in [0.3, 0.4) is 0 Å². The molecule has 4 aromatic rings. The van der Waals surface area contributed by atoms with E-state index in [0.717, 1.165) is 71.0 Å². The molecule has 2 saturated carbocycles. The molecule has 0 radical (unpaired) electrons. The van der Waals surface area contributed by atoms with Gasteiger partial charge in [-0.25, -0.2) is 19.6 Å². The van der Waals surface area contributed by atoms with Crippen molar-refractivity contribution < 1.29 is 33.8 Å². The van der Waals surface area contributed by atoms with E-state index >= 15 is 0 Å². The molecule has 0 unspecified atom stereocenters. The standard InChI is InChI=1S/C46H54N8O7/c1-25(2)39(51-45(57)60-4)43(55)53-35-19-31(35)21-37(53)41-47-23-33(49-41)28-11-7-26(8-12-28)5-6-27-9-13-29(14-10-27)34-24-48-42(50-34)38-22-32-20-36(32)54(38)44(56)40(52(3)46(58)59)30-15-17-61-18-16-30/h5-14,23-25,30-32,35-40H,15-22H2,1-4H3,(H,47,49)(H,48,50)(H,51,57)(H,58,59)/t31-,32+,35+,36+,37-,38-,39-,40-/m0/s1. The molecule has 2 aliphatic carbocycles. The Morgan fingerprint density at radius 1 is 0.803 bits per heavy atom. The summed E-state index contributed by atoms with van der Waals surface area (Å²) in [6.45, 7) is 4.90. The van der Waals surface area contributed by atoms with E-state index in [0.29, 0.717) is 37.9 Å². The molecule has 4 amide bonds. The number of imidazole rings is 2. The number of amides is 4. The Balaban J connectivity index is 0.833. The lowest BCUT2D eigenvalue weighted by Gasteiger charge is -2.38. The predicted octanol–water partition coefficient (Wildman–Crippen LogP) is 6.75. The summed E-state index contributed by atoms with van der Waals surface area (Å²) in [6, 6.07) is 14.9. The smallest absolute Gasteiger partial charge is 0.407 e. The molecule has 3 saturated heterocycles. The van der Waals surface area contributed by atoms with Crippen LogP contribution < -0.4 is 5.32 Å². The minimum atomic E-state index is -1.10. The molecular weight excluding hydrogens is 777 g/mol. The maximum Gasteiger partial charge on any atom is 0.407 e. The number of carbonyl (C=O) groups is 4. The number of nitrogens with zero attached hydrogens (tertiary/aromatic N) is 5. The fraction of sp³-hybridized carbons (Fsp3) is 0.478. The SMILES string of the molecule is COC(=O)N[C@H](C(=O)N1[C@@H]2C[C@H]2C[C@H]1c1ncc(-c2ccc(C=Cc3ccc(-c4cnc([C@@H]5C[C@H]6C[C@H]6N5C(=O)[C@H](C5CCOCC5)N(C)C(=O)O)[nH]4)cc3)cc2)[nH]1)C(C)C. The quantitative estimate of drug-likeness (QED) is 0.112. The molecule has 61 heavy (non-hydrogen) atoms. The lowest BCUT2D eigenvalue weighted by atomic mass is 9.89. The number of methoxy groups -OCH3 is 1. The molecule has 320 valence electrons. The van der Waals surface area contributed by atoms with Gasteiger partial charge in [-0.1, -0.05) is 74.5 Å². The average molecular weight is 831 g/mol. The Labute approximate surface area is 354 Å². The van der Waals surface area contributed by atoms with Crippen LogP contribution in [-0.2, 0) is 19.1 Å². The van der Waals surface area contributed by atoms with Gasteiger partial charge in [0.2, 0.25) is 11.8 Å². The van der Waals surface area contributed by atoms with Gasteiger partial charge in [0, 0.05) is 32.3 Å². The summed E-state index contributed by atoms with van der Waals surface area (Å²) in [4.78, 5) is 73.6. The molecule has 2 aromatic carbocycles. The number of benzene rings is 2. The summed E-state index contributed by atoms with van der Waals surface area (Å²) < 4.78 is 10.3. The Bertz CT molecular complexity index is 2300. The van der Waals surface area contributed by atoms with E-state index in [1.165, 1.54) is 19.1 Å². The highest BCUT2D eigenvalue weighted by molar-refractivity contribution is 5.88. The first-order valence-corrected chi connectivity index (χ1v) is 21.5. The van der Waals surface area contributed by atoms with E-state index in [-0.39, 0.29) is 47.8 Å². The normalized spacial score (nSPS) is 25.3. The van der Waals surface area contributed by atoms with Gasteiger partial charge in [-0.2, -0.15) is 0 Å². The maximum absolute atomic E-state index is 14.2. The topological polar surface area (TPSA) is 186 Å². The van der Waals surface area contributed by atoms with Crippen molar-refractivity contribution in [3.05, 3.63) is 83.7 Å². The summed E-state index contributed by atoms with van der Waals surface area (Å²) in [7, 11) is 2.80. The van der Waals surface area contributed by atoms with Gasteiger partial charge in [0.25, 0.3) is 0 Å². The zero-order valence-corrected chi connectivity index (χ0v) is 35.0. The molecular formula is C46H54N8O7. The third-order valence-corrected chi connectivity index (χ3v) is 13.5. The first kappa shape index (κ1) is 40.4. The van der Waals surface area contributed by atoms with Crippen LogP contribution in [0.5, 0.6) is 0 Å². The first-order valence-electron chi connectivity index (χ1n) is 21.5. The van der Waals surface area contributed by atoms with Gasteiger partial charge >= 0.3 is 12.2 Å². The Morgan fingerprint density at radius 3 is 1.75 bits per heavy atom. The molecule has 8 atom stereocenters. The van der Waals surface area contributed by atoms with Gasteiger partial charge in [0.05, 0.1) is 43.0 Å². The van der Waals surface area contributed by atoms with Crippen molar-refractivity contribution in [1.82, 2.24) is 40.0 Å². The third kappa shape index (κ3) is 8.03. The highest BCUT2D eigenvalue weighted by Crippen LogP contribution is 2.55. The van der Waals surface area contributed by atoms with Gasteiger partial charge < -0.3 is 39.7 Å². The number of likely N-dealkylation sites (tertiary alicyclic amines) is 2. The molecule has 5 heterocycles. The summed E-state index contributed by atoms with van der Waals surface area (Å²) in [5.41, 5.74) is 5.78. The monoisotopic (exact) mass is 830 g/mol. The third-order valence-electron chi connectivity index (χ3n) is 13.5. The maximum atomic E-state index is 14.2. The van der Waals surface area contributed by atoms with Gasteiger partial charge in [0.1, 0.15) is 23.7 Å².